The standard InChI is InChI=1S/C16H17ClN2O2/c1-16(2,12-6-4-3-5-7-12)11-18-14-10-13(17)8-9-15(14)19(20)21/h3-10,18H,11H2,1-2H3. The SMILES string of the molecule is CC(C)(CNc1cc(Cl)ccc1[N+](=O)[O-])c1ccccc1. The van der Waals surface area contributed by atoms with Crippen LogP contribution in [0.2, 0.25) is 5.02 Å². The van der Waals surface area contributed by atoms with E-state index in [9.17, 15) is 10.1 Å². The number of halogens is 1. The molecule has 2 aromatic carbocycles. The van der Waals surface area contributed by atoms with Crippen molar-refractivity contribution >= 4 is 23.0 Å². The summed E-state index contributed by atoms with van der Waals surface area (Å²) in [5.41, 5.74) is 1.49. The van der Waals surface area contributed by atoms with Crippen LogP contribution in [-0.2, 0) is 5.41 Å². The van der Waals surface area contributed by atoms with Gasteiger partial charge in [0.1, 0.15) is 5.69 Å². The zero-order chi connectivity index (χ0) is 15.5. The first kappa shape index (κ1) is 15.3. The van der Waals surface area contributed by atoms with Crippen LogP contribution in [0.15, 0.2) is 48.5 Å². The van der Waals surface area contributed by atoms with Crippen molar-refractivity contribution in [3.05, 3.63) is 69.2 Å². The average Bonchev–Trinajstić information content (AvgIpc) is 2.46. The second-order valence-electron chi connectivity index (χ2n) is 5.52. The smallest absolute Gasteiger partial charge is 0.292 e. The van der Waals surface area contributed by atoms with E-state index in [0.29, 0.717) is 17.3 Å². The van der Waals surface area contributed by atoms with Gasteiger partial charge in [0, 0.05) is 23.0 Å². The predicted molar refractivity (Wildman–Crippen MR) is 86.1 cm³/mol. The van der Waals surface area contributed by atoms with Gasteiger partial charge in [-0.15, -0.1) is 0 Å². The number of hydrogen-bond acceptors (Lipinski definition) is 3. The van der Waals surface area contributed by atoms with E-state index in [2.05, 4.69) is 19.2 Å². The highest BCUT2D eigenvalue weighted by atomic mass is 35.5. The number of rotatable bonds is 5. The average molecular weight is 305 g/mol. The third-order valence-electron chi connectivity index (χ3n) is 3.43. The fourth-order valence-electron chi connectivity index (χ4n) is 2.12. The number of nitrogens with zero attached hydrogens (tertiary/aromatic N) is 1. The van der Waals surface area contributed by atoms with E-state index in [-0.39, 0.29) is 11.1 Å². The van der Waals surface area contributed by atoms with Crippen LogP contribution in [0.25, 0.3) is 0 Å². The summed E-state index contributed by atoms with van der Waals surface area (Å²) in [5.74, 6) is 0. The Kier molecular flexibility index (Phi) is 4.48. The molecule has 0 heterocycles. The molecule has 0 aliphatic rings. The van der Waals surface area contributed by atoms with Crippen LogP contribution in [0.1, 0.15) is 19.4 Å². The van der Waals surface area contributed by atoms with Crippen molar-refractivity contribution in [3.8, 4) is 0 Å². The molecule has 4 nitrogen and oxygen atoms in total. The number of benzene rings is 2. The lowest BCUT2D eigenvalue weighted by Crippen LogP contribution is -2.27. The monoisotopic (exact) mass is 304 g/mol. The van der Waals surface area contributed by atoms with Crippen LogP contribution >= 0.6 is 11.6 Å². The largest absolute Gasteiger partial charge is 0.379 e. The number of nitro benzene ring substituents is 1. The Hall–Kier alpha value is -2.07. The first-order valence-corrected chi connectivity index (χ1v) is 7.01. The quantitative estimate of drug-likeness (QED) is 0.647. The van der Waals surface area contributed by atoms with E-state index in [4.69, 9.17) is 11.6 Å². The summed E-state index contributed by atoms with van der Waals surface area (Å²) in [6, 6.07) is 14.6. The van der Waals surface area contributed by atoms with Gasteiger partial charge in [-0.3, -0.25) is 10.1 Å². The Morgan fingerprint density at radius 3 is 2.48 bits per heavy atom. The van der Waals surface area contributed by atoms with Crippen LogP contribution in [0.3, 0.4) is 0 Å². The maximum Gasteiger partial charge on any atom is 0.292 e. The van der Waals surface area contributed by atoms with Gasteiger partial charge in [-0.2, -0.15) is 0 Å². The van der Waals surface area contributed by atoms with Gasteiger partial charge in [-0.25, -0.2) is 0 Å². The fraction of sp³-hybridized carbons (Fsp3) is 0.250. The molecule has 0 atom stereocenters. The molecule has 0 radical (unpaired) electrons. The highest BCUT2D eigenvalue weighted by Gasteiger charge is 2.22. The molecule has 0 fully saturated rings. The Labute approximate surface area is 128 Å². The highest BCUT2D eigenvalue weighted by Crippen LogP contribution is 2.30. The van der Waals surface area contributed by atoms with Gasteiger partial charge >= 0.3 is 0 Å². The molecular formula is C16H17ClN2O2. The van der Waals surface area contributed by atoms with Gasteiger partial charge in [0.05, 0.1) is 4.92 Å². The summed E-state index contributed by atoms with van der Waals surface area (Å²) in [4.78, 5) is 10.6. The van der Waals surface area contributed by atoms with E-state index >= 15 is 0 Å². The van der Waals surface area contributed by atoms with Gasteiger partial charge in [-0.1, -0.05) is 55.8 Å². The van der Waals surface area contributed by atoms with Gasteiger partial charge < -0.3 is 5.32 Å². The van der Waals surface area contributed by atoms with Crippen molar-refractivity contribution in [2.45, 2.75) is 19.3 Å². The maximum atomic E-state index is 11.1. The number of nitrogens with one attached hydrogen (secondary N) is 1. The van der Waals surface area contributed by atoms with Gasteiger partial charge in [0.25, 0.3) is 5.69 Å². The zero-order valence-electron chi connectivity index (χ0n) is 12.0. The van der Waals surface area contributed by atoms with Crippen molar-refractivity contribution in [1.29, 1.82) is 0 Å². The Morgan fingerprint density at radius 1 is 1.19 bits per heavy atom. The molecule has 0 bridgehead atoms. The molecule has 0 amide bonds. The topological polar surface area (TPSA) is 55.2 Å². The predicted octanol–water partition coefficient (Wildman–Crippen LogP) is 4.64. The molecule has 0 aliphatic carbocycles. The molecule has 21 heavy (non-hydrogen) atoms. The minimum atomic E-state index is -0.409. The summed E-state index contributed by atoms with van der Waals surface area (Å²) in [7, 11) is 0. The first-order valence-electron chi connectivity index (χ1n) is 6.63. The zero-order valence-corrected chi connectivity index (χ0v) is 12.7. The van der Waals surface area contributed by atoms with Crippen LogP contribution in [0.4, 0.5) is 11.4 Å². The Morgan fingerprint density at radius 2 is 1.86 bits per heavy atom. The van der Waals surface area contributed by atoms with Crippen LogP contribution in [0.5, 0.6) is 0 Å². The molecule has 0 aliphatic heterocycles. The summed E-state index contributed by atoms with van der Waals surface area (Å²) >= 11 is 5.93. The van der Waals surface area contributed by atoms with Crippen molar-refractivity contribution in [2.24, 2.45) is 0 Å². The molecule has 0 unspecified atom stereocenters. The minimum Gasteiger partial charge on any atom is -0.379 e. The number of nitro groups is 1. The molecule has 0 saturated carbocycles. The van der Waals surface area contributed by atoms with Crippen LogP contribution < -0.4 is 5.32 Å². The fourth-order valence-corrected chi connectivity index (χ4v) is 2.29. The molecular weight excluding hydrogens is 288 g/mol. The third-order valence-corrected chi connectivity index (χ3v) is 3.67. The summed E-state index contributed by atoms with van der Waals surface area (Å²) < 4.78 is 0. The normalized spacial score (nSPS) is 11.2. The van der Waals surface area contributed by atoms with Gasteiger partial charge in [0.15, 0.2) is 0 Å². The lowest BCUT2D eigenvalue weighted by molar-refractivity contribution is -0.384. The Balaban J connectivity index is 2.20. The van der Waals surface area contributed by atoms with E-state index in [0.717, 1.165) is 0 Å². The second-order valence-corrected chi connectivity index (χ2v) is 5.96. The van der Waals surface area contributed by atoms with Crippen LogP contribution in [-0.4, -0.2) is 11.5 Å². The second kappa shape index (κ2) is 6.14. The lowest BCUT2D eigenvalue weighted by atomic mass is 9.84. The summed E-state index contributed by atoms with van der Waals surface area (Å²) in [5, 5.41) is 14.7. The van der Waals surface area contributed by atoms with E-state index in [1.54, 1.807) is 6.07 Å². The highest BCUT2D eigenvalue weighted by molar-refractivity contribution is 6.31. The molecule has 110 valence electrons. The van der Waals surface area contributed by atoms with E-state index < -0.39 is 4.92 Å². The van der Waals surface area contributed by atoms with E-state index in [1.165, 1.54) is 17.7 Å². The molecule has 0 aromatic heterocycles. The van der Waals surface area contributed by atoms with E-state index in [1.807, 2.05) is 30.3 Å². The van der Waals surface area contributed by atoms with Crippen LogP contribution in [0, 0.1) is 10.1 Å². The molecule has 5 heteroatoms. The molecule has 0 saturated heterocycles. The third kappa shape index (κ3) is 3.73. The molecule has 0 spiro atoms. The van der Waals surface area contributed by atoms with Crippen molar-refractivity contribution in [3.63, 3.8) is 0 Å². The van der Waals surface area contributed by atoms with Crippen molar-refractivity contribution in [2.75, 3.05) is 11.9 Å². The Bertz CT molecular complexity index is 642. The first-order chi connectivity index (χ1) is 9.90. The molecule has 2 aromatic rings. The summed E-state index contributed by atoms with van der Waals surface area (Å²) in [6.07, 6.45) is 0. The summed E-state index contributed by atoms with van der Waals surface area (Å²) in [6.45, 7) is 4.75. The molecule has 2 rings (SSSR count). The lowest BCUT2D eigenvalue weighted by Gasteiger charge is -2.26. The van der Waals surface area contributed by atoms with Gasteiger partial charge in [-0.05, 0) is 17.7 Å². The number of hydrogen-bond donors (Lipinski definition) is 1. The maximum absolute atomic E-state index is 11.1. The minimum absolute atomic E-state index is 0.0308. The van der Waals surface area contributed by atoms with Gasteiger partial charge in [0.2, 0.25) is 0 Å². The van der Waals surface area contributed by atoms with Crippen molar-refractivity contribution in [1.82, 2.24) is 0 Å². The number of anilines is 1. The molecule has 1 N–H and O–H groups in total. The van der Waals surface area contributed by atoms with Crippen molar-refractivity contribution < 1.29 is 4.92 Å².